The Morgan fingerprint density at radius 2 is 2.04 bits per heavy atom. The molecule has 1 aliphatic rings. The lowest BCUT2D eigenvalue weighted by Crippen LogP contribution is -2.21. The fourth-order valence-electron chi connectivity index (χ4n) is 3.26. The fraction of sp³-hybridized carbons (Fsp3) is 0.316. The highest BCUT2D eigenvalue weighted by atomic mass is 32.1. The van der Waals surface area contributed by atoms with E-state index in [4.69, 9.17) is 4.74 Å². The summed E-state index contributed by atoms with van der Waals surface area (Å²) in [7, 11) is 0. The van der Waals surface area contributed by atoms with Crippen molar-refractivity contribution in [1.82, 2.24) is 9.97 Å². The van der Waals surface area contributed by atoms with E-state index in [1.165, 1.54) is 28.9 Å². The van der Waals surface area contributed by atoms with Gasteiger partial charge in [-0.25, -0.2) is 9.97 Å². The summed E-state index contributed by atoms with van der Waals surface area (Å²) in [6.07, 6.45) is 5.66. The Kier molecular flexibility index (Phi) is 5.34. The van der Waals surface area contributed by atoms with Gasteiger partial charge in [-0.3, -0.25) is 4.79 Å². The fourth-order valence-corrected chi connectivity index (χ4v) is 4.48. The Morgan fingerprint density at radius 3 is 2.89 bits per heavy atom. The second-order valence-electron chi connectivity index (χ2n) is 6.28. The van der Waals surface area contributed by atoms with Crippen LogP contribution >= 0.6 is 11.3 Å². The first-order valence-electron chi connectivity index (χ1n) is 8.83. The van der Waals surface area contributed by atoms with E-state index in [-0.39, 0.29) is 18.0 Å². The highest BCUT2D eigenvalue weighted by molar-refractivity contribution is 7.18. The van der Waals surface area contributed by atoms with Gasteiger partial charge in [0.25, 0.3) is 5.91 Å². The lowest BCUT2D eigenvalue weighted by atomic mass is 9.97. The van der Waals surface area contributed by atoms with Crippen LogP contribution in [0.25, 0.3) is 10.2 Å². The molecular weight excluding hydrogens is 388 g/mol. The molecule has 1 N–H and O–H groups in total. The van der Waals surface area contributed by atoms with E-state index < -0.39 is 12.5 Å². The maximum atomic E-state index is 12.5. The second-order valence-corrected chi connectivity index (χ2v) is 7.37. The number of halogens is 2. The van der Waals surface area contributed by atoms with Gasteiger partial charge in [-0.1, -0.05) is 12.1 Å². The molecule has 9 heteroatoms. The van der Waals surface area contributed by atoms with Gasteiger partial charge in [0.05, 0.1) is 11.1 Å². The summed E-state index contributed by atoms with van der Waals surface area (Å²) in [6, 6.07) is 5.99. The van der Waals surface area contributed by atoms with E-state index in [9.17, 15) is 13.6 Å². The van der Waals surface area contributed by atoms with Gasteiger partial charge in [0.2, 0.25) is 5.88 Å². The number of fused-ring (bicyclic) bond motifs is 3. The smallest absolute Gasteiger partial charge is 0.387 e. The highest BCUT2D eigenvalue weighted by Crippen LogP contribution is 2.38. The first kappa shape index (κ1) is 18.5. The monoisotopic (exact) mass is 405 g/mol. The molecule has 0 spiro atoms. The van der Waals surface area contributed by atoms with Gasteiger partial charge in [0.1, 0.15) is 16.9 Å². The van der Waals surface area contributed by atoms with Crippen molar-refractivity contribution >= 4 is 33.1 Å². The van der Waals surface area contributed by atoms with Gasteiger partial charge in [0.15, 0.2) is 6.61 Å². The van der Waals surface area contributed by atoms with Crippen LogP contribution in [0, 0.1) is 0 Å². The van der Waals surface area contributed by atoms with Gasteiger partial charge in [0, 0.05) is 4.88 Å². The number of nitrogens with one attached hydrogen (secondary N) is 1. The number of nitrogens with zero attached hydrogens (tertiary/aromatic N) is 2. The Bertz CT molecular complexity index is 1010. The van der Waals surface area contributed by atoms with E-state index in [2.05, 4.69) is 20.0 Å². The Hall–Kier alpha value is -2.81. The molecule has 28 heavy (non-hydrogen) atoms. The number of anilines is 1. The minimum absolute atomic E-state index is 0.109. The molecule has 4 rings (SSSR count). The van der Waals surface area contributed by atoms with Crippen molar-refractivity contribution in [3.8, 4) is 11.6 Å². The molecule has 0 fully saturated rings. The third-order valence-electron chi connectivity index (χ3n) is 4.43. The quantitative estimate of drug-likeness (QED) is 0.666. The minimum atomic E-state index is -2.98. The maximum Gasteiger partial charge on any atom is 0.387 e. The molecule has 6 nitrogen and oxygen atoms in total. The van der Waals surface area contributed by atoms with Gasteiger partial charge in [-0.2, -0.15) is 8.78 Å². The number of alkyl halides is 2. The zero-order valence-electron chi connectivity index (χ0n) is 14.8. The molecule has 0 aliphatic heterocycles. The number of carbonyl (C=O) groups excluding carboxylic acids is 1. The van der Waals surface area contributed by atoms with Crippen LogP contribution in [0.2, 0.25) is 0 Å². The molecule has 2 aromatic heterocycles. The van der Waals surface area contributed by atoms with Crippen molar-refractivity contribution in [2.45, 2.75) is 32.3 Å². The lowest BCUT2D eigenvalue weighted by molar-refractivity contribution is -0.118. The van der Waals surface area contributed by atoms with E-state index in [0.717, 1.165) is 35.9 Å². The molecule has 3 aromatic rings. The topological polar surface area (TPSA) is 73.3 Å². The number of hydrogen-bond acceptors (Lipinski definition) is 6. The number of thiophene rings is 1. The van der Waals surface area contributed by atoms with Crippen LogP contribution < -0.4 is 14.8 Å². The molecule has 1 aromatic carbocycles. The number of aromatic nitrogens is 2. The van der Waals surface area contributed by atoms with Crippen LogP contribution in [0.5, 0.6) is 11.6 Å². The molecule has 0 saturated carbocycles. The molecule has 0 radical (unpaired) electrons. The van der Waals surface area contributed by atoms with Gasteiger partial charge < -0.3 is 14.8 Å². The molecule has 0 unspecified atom stereocenters. The third kappa shape index (κ3) is 3.89. The maximum absolute atomic E-state index is 12.5. The van der Waals surface area contributed by atoms with Crippen molar-refractivity contribution in [1.29, 1.82) is 0 Å². The number of amides is 1. The van der Waals surface area contributed by atoms with Crippen molar-refractivity contribution < 1.29 is 23.0 Å². The number of carbonyl (C=O) groups is 1. The minimum Gasteiger partial charge on any atom is -0.467 e. The second kappa shape index (κ2) is 8.05. The van der Waals surface area contributed by atoms with Crippen molar-refractivity contribution in [2.75, 3.05) is 11.9 Å². The van der Waals surface area contributed by atoms with Gasteiger partial charge in [-0.05, 0) is 43.4 Å². The summed E-state index contributed by atoms with van der Waals surface area (Å²) < 4.78 is 35.0. The van der Waals surface area contributed by atoms with Crippen LogP contribution in [0.3, 0.4) is 0 Å². The molecule has 0 saturated heterocycles. The van der Waals surface area contributed by atoms with Gasteiger partial charge >= 0.3 is 6.61 Å². The summed E-state index contributed by atoms with van der Waals surface area (Å²) in [5, 5.41) is 3.40. The number of para-hydroxylation sites is 2. The number of rotatable bonds is 6. The van der Waals surface area contributed by atoms with Crippen LogP contribution in [-0.2, 0) is 17.6 Å². The van der Waals surface area contributed by atoms with Crippen LogP contribution in [0.4, 0.5) is 14.5 Å². The molecule has 146 valence electrons. The van der Waals surface area contributed by atoms with Crippen molar-refractivity contribution in [2.24, 2.45) is 0 Å². The predicted octanol–water partition coefficient (Wildman–Crippen LogP) is 4.19. The normalized spacial score (nSPS) is 13.4. The molecule has 2 heterocycles. The Balaban J connectivity index is 1.48. The van der Waals surface area contributed by atoms with Crippen LogP contribution in [-0.4, -0.2) is 29.1 Å². The molecular formula is C19H17F2N3O3S. The lowest BCUT2D eigenvalue weighted by Gasteiger charge is -2.13. The number of aryl methyl sites for hydroxylation is 2. The average Bonchev–Trinajstić information content (AvgIpc) is 3.07. The van der Waals surface area contributed by atoms with E-state index in [1.807, 2.05) is 0 Å². The van der Waals surface area contributed by atoms with Gasteiger partial charge in [-0.15, -0.1) is 11.3 Å². The van der Waals surface area contributed by atoms with Crippen molar-refractivity contribution in [3.63, 3.8) is 0 Å². The zero-order chi connectivity index (χ0) is 19.5. The number of benzene rings is 1. The Morgan fingerprint density at radius 1 is 1.21 bits per heavy atom. The van der Waals surface area contributed by atoms with Crippen LogP contribution in [0.15, 0.2) is 30.6 Å². The number of ether oxygens (including phenoxy) is 2. The highest BCUT2D eigenvalue weighted by Gasteiger charge is 2.21. The van der Waals surface area contributed by atoms with E-state index >= 15 is 0 Å². The predicted molar refractivity (Wildman–Crippen MR) is 101 cm³/mol. The third-order valence-corrected chi connectivity index (χ3v) is 5.63. The van der Waals surface area contributed by atoms with Crippen molar-refractivity contribution in [3.05, 3.63) is 41.0 Å². The molecule has 0 bridgehead atoms. The standard InChI is InChI=1S/C19H17F2N3O3S/c20-19(21)27-13-7-3-2-6-12(13)24-15(25)9-26-17-16-11-5-1-4-8-14(11)28-18(16)23-10-22-17/h2-3,6-7,10,19H,1,4-5,8-9H2,(H,24,25). The summed E-state index contributed by atoms with van der Waals surface area (Å²) in [6.45, 7) is -3.28. The van der Waals surface area contributed by atoms with Crippen LogP contribution in [0.1, 0.15) is 23.3 Å². The summed E-state index contributed by atoms with van der Waals surface area (Å²) in [5.74, 6) is -0.236. The molecule has 1 amide bonds. The first-order valence-corrected chi connectivity index (χ1v) is 9.65. The summed E-state index contributed by atoms with van der Waals surface area (Å²) in [5.41, 5.74) is 1.36. The SMILES string of the molecule is O=C(COc1ncnc2sc3c(c12)CCCC3)Nc1ccccc1OC(F)F. The van der Waals surface area contributed by atoms with E-state index in [1.54, 1.807) is 23.5 Å². The first-order chi connectivity index (χ1) is 13.6. The van der Waals surface area contributed by atoms with E-state index in [0.29, 0.717) is 5.88 Å². The molecule has 1 aliphatic carbocycles. The zero-order valence-corrected chi connectivity index (χ0v) is 15.6. The Labute approximate surface area is 163 Å². The summed E-state index contributed by atoms with van der Waals surface area (Å²) >= 11 is 1.64. The average molecular weight is 405 g/mol. The number of hydrogen-bond donors (Lipinski definition) is 1. The molecule has 0 atom stereocenters. The summed E-state index contributed by atoms with van der Waals surface area (Å²) in [4.78, 5) is 22.9. The largest absolute Gasteiger partial charge is 0.467 e.